The van der Waals surface area contributed by atoms with Gasteiger partial charge in [-0.15, -0.1) is 0 Å². The summed E-state index contributed by atoms with van der Waals surface area (Å²) in [6.07, 6.45) is -4.87. The van der Waals surface area contributed by atoms with Gasteiger partial charge in [-0.3, -0.25) is 14.2 Å². The first-order chi connectivity index (χ1) is 11.4. The van der Waals surface area contributed by atoms with Gasteiger partial charge in [0.2, 0.25) is 5.82 Å². The minimum atomic E-state index is -4.87. The van der Waals surface area contributed by atoms with E-state index in [-0.39, 0.29) is 10.9 Å². The maximum atomic E-state index is 13.3. The molecule has 0 amide bonds. The summed E-state index contributed by atoms with van der Waals surface area (Å²) in [6, 6.07) is 4.39. The molecule has 0 bridgehead atoms. The molecule has 0 saturated heterocycles. The third kappa shape index (κ3) is 4.20. The van der Waals surface area contributed by atoms with Crippen LogP contribution in [0, 0.1) is 5.41 Å². The smallest absolute Gasteiger partial charge is 0.443 e. The van der Waals surface area contributed by atoms with Crippen LogP contribution < -0.4 is 5.56 Å². The van der Waals surface area contributed by atoms with E-state index in [4.69, 9.17) is 4.74 Å². The topological polar surface area (TPSA) is 61.2 Å². The molecule has 136 valence electrons. The molecule has 0 radical (unpaired) electrons. The molecule has 0 spiro atoms. The van der Waals surface area contributed by atoms with Gasteiger partial charge in [-0.2, -0.15) is 13.2 Å². The van der Waals surface area contributed by atoms with Crippen LogP contribution in [0.3, 0.4) is 0 Å². The van der Waals surface area contributed by atoms with E-state index in [0.29, 0.717) is 15.5 Å². The first-order valence-electron chi connectivity index (χ1n) is 7.29. The van der Waals surface area contributed by atoms with Crippen molar-refractivity contribution in [2.45, 2.75) is 39.0 Å². The van der Waals surface area contributed by atoms with Crippen LogP contribution in [0.25, 0.3) is 10.9 Å². The lowest BCUT2D eigenvalue weighted by Crippen LogP contribution is -2.33. The van der Waals surface area contributed by atoms with Crippen molar-refractivity contribution in [2.24, 2.45) is 5.41 Å². The van der Waals surface area contributed by atoms with Crippen molar-refractivity contribution < 1.29 is 22.7 Å². The number of halogens is 4. The van der Waals surface area contributed by atoms with Crippen LogP contribution in [0.5, 0.6) is 0 Å². The van der Waals surface area contributed by atoms with Crippen molar-refractivity contribution in [3.05, 3.63) is 39.9 Å². The Morgan fingerprint density at radius 1 is 1.28 bits per heavy atom. The Bertz CT molecular complexity index is 870. The number of carbonyl (C=O) groups is 1. The number of aromatic nitrogens is 2. The first kappa shape index (κ1) is 19.4. The number of esters is 1. The van der Waals surface area contributed by atoms with Gasteiger partial charge in [0.05, 0.1) is 16.3 Å². The third-order valence-corrected chi connectivity index (χ3v) is 4.01. The lowest BCUT2D eigenvalue weighted by atomic mass is 9.98. The zero-order valence-electron chi connectivity index (χ0n) is 13.8. The number of hydrogen-bond acceptors (Lipinski definition) is 4. The van der Waals surface area contributed by atoms with Crippen LogP contribution in [0.15, 0.2) is 23.0 Å². The summed E-state index contributed by atoms with van der Waals surface area (Å²) in [6.45, 7) is 3.82. The normalized spacial score (nSPS) is 12.4. The number of hydrogen-bond donors (Lipinski definition) is 0. The third-order valence-electron chi connectivity index (χ3n) is 3.36. The average Bonchev–Trinajstić information content (AvgIpc) is 2.51. The molecule has 0 aliphatic carbocycles. The van der Waals surface area contributed by atoms with Gasteiger partial charge in [0.1, 0.15) is 0 Å². The van der Waals surface area contributed by atoms with Gasteiger partial charge < -0.3 is 4.74 Å². The molecular weight excluding hydrogens is 405 g/mol. The Morgan fingerprint density at radius 2 is 1.92 bits per heavy atom. The Morgan fingerprint density at radius 3 is 2.44 bits per heavy atom. The molecule has 1 heterocycles. The van der Waals surface area contributed by atoms with Crippen molar-refractivity contribution in [3.8, 4) is 0 Å². The van der Waals surface area contributed by atoms with Crippen LogP contribution in [-0.4, -0.2) is 15.5 Å². The number of ether oxygens (including phenoxy) is 1. The zero-order valence-corrected chi connectivity index (χ0v) is 15.4. The summed E-state index contributed by atoms with van der Waals surface area (Å²) in [4.78, 5) is 27.9. The molecule has 1 aromatic heterocycles. The predicted octanol–water partition coefficient (Wildman–Crippen LogP) is 3.86. The number of carbonyl (C=O) groups excluding carboxylic acids is 1. The zero-order chi connectivity index (χ0) is 19.0. The van der Waals surface area contributed by atoms with Crippen LogP contribution in [0.4, 0.5) is 13.2 Å². The predicted molar refractivity (Wildman–Crippen MR) is 89.2 cm³/mol. The van der Waals surface area contributed by atoms with Gasteiger partial charge in [0.15, 0.2) is 6.73 Å². The summed E-state index contributed by atoms with van der Waals surface area (Å²) in [5.41, 5.74) is -1.18. The van der Waals surface area contributed by atoms with E-state index in [1.807, 2.05) is 0 Å². The van der Waals surface area contributed by atoms with Crippen molar-refractivity contribution in [1.29, 1.82) is 0 Å². The molecule has 5 nitrogen and oxygen atoms in total. The molecule has 0 saturated carbocycles. The molecule has 25 heavy (non-hydrogen) atoms. The van der Waals surface area contributed by atoms with Gasteiger partial charge in [-0.05, 0) is 38.5 Å². The highest BCUT2D eigenvalue weighted by Crippen LogP contribution is 2.28. The number of alkyl halides is 4. The van der Waals surface area contributed by atoms with Crippen LogP contribution in [0.1, 0.15) is 32.2 Å². The van der Waals surface area contributed by atoms with Gasteiger partial charge in [-0.25, -0.2) is 4.98 Å². The van der Waals surface area contributed by atoms with E-state index in [9.17, 15) is 22.8 Å². The van der Waals surface area contributed by atoms with Crippen molar-refractivity contribution >= 4 is 32.8 Å². The second-order valence-corrected chi connectivity index (χ2v) is 7.02. The van der Waals surface area contributed by atoms with Crippen LogP contribution in [-0.2, 0) is 27.8 Å². The summed E-state index contributed by atoms with van der Waals surface area (Å²) in [5, 5.41) is 0.458. The van der Waals surface area contributed by atoms with E-state index in [1.54, 1.807) is 26.8 Å². The standard InChI is InChI=1S/C16H16BrF3N2O3/c1-15(2,3)14(24)25-8-22-12(23)10-6-9(7-17)4-5-11(10)21-13(22)16(18,19)20/h4-6H,7-8H2,1-3H3. The molecule has 2 rings (SSSR count). The van der Waals surface area contributed by atoms with Gasteiger partial charge >= 0.3 is 12.1 Å². The average molecular weight is 421 g/mol. The lowest BCUT2D eigenvalue weighted by molar-refractivity contribution is -0.163. The second kappa shape index (κ2) is 6.78. The maximum absolute atomic E-state index is 13.3. The Labute approximate surface area is 149 Å². The van der Waals surface area contributed by atoms with E-state index in [0.717, 1.165) is 0 Å². The fraction of sp³-hybridized carbons (Fsp3) is 0.438. The number of fused-ring (bicyclic) bond motifs is 1. The van der Waals surface area contributed by atoms with E-state index >= 15 is 0 Å². The molecule has 9 heteroatoms. The number of rotatable bonds is 3. The quantitative estimate of drug-likeness (QED) is 0.558. The molecule has 1 aromatic carbocycles. The van der Waals surface area contributed by atoms with E-state index in [2.05, 4.69) is 20.9 Å². The van der Waals surface area contributed by atoms with Crippen molar-refractivity contribution in [1.82, 2.24) is 9.55 Å². The molecule has 2 aromatic rings. The molecule has 0 aliphatic heterocycles. The summed E-state index contributed by atoms with van der Waals surface area (Å²) < 4.78 is 45.1. The lowest BCUT2D eigenvalue weighted by Gasteiger charge is -2.19. The van der Waals surface area contributed by atoms with Gasteiger partial charge in [-0.1, -0.05) is 22.0 Å². The monoisotopic (exact) mass is 420 g/mol. The Kier molecular flexibility index (Phi) is 5.27. The summed E-state index contributed by atoms with van der Waals surface area (Å²) >= 11 is 3.23. The fourth-order valence-corrected chi connectivity index (χ4v) is 2.38. The van der Waals surface area contributed by atoms with Crippen molar-refractivity contribution in [3.63, 3.8) is 0 Å². The highest BCUT2D eigenvalue weighted by molar-refractivity contribution is 9.08. The molecule has 0 fully saturated rings. The number of benzene rings is 1. The second-order valence-electron chi connectivity index (χ2n) is 6.46. The highest BCUT2D eigenvalue weighted by Gasteiger charge is 2.38. The summed E-state index contributed by atoms with van der Waals surface area (Å²) in [5.74, 6) is -2.12. The molecule has 0 atom stereocenters. The Balaban J connectivity index is 2.60. The maximum Gasteiger partial charge on any atom is 0.449 e. The van der Waals surface area contributed by atoms with Gasteiger partial charge in [0.25, 0.3) is 5.56 Å². The minimum absolute atomic E-state index is 0.0248. The molecular formula is C16H16BrF3N2O3. The van der Waals surface area contributed by atoms with Crippen LogP contribution in [0.2, 0.25) is 0 Å². The van der Waals surface area contributed by atoms with Crippen LogP contribution >= 0.6 is 15.9 Å². The van der Waals surface area contributed by atoms with E-state index in [1.165, 1.54) is 12.1 Å². The van der Waals surface area contributed by atoms with Gasteiger partial charge in [0, 0.05) is 5.33 Å². The Hall–Kier alpha value is -1.90. The SMILES string of the molecule is CC(C)(C)C(=O)OCn1c(C(F)(F)F)nc2ccc(CBr)cc2c1=O. The molecule has 0 aliphatic rings. The largest absolute Gasteiger partial charge is 0.449 e. The number of nitrogens with zero attached hydrogens (tertiary/aromatic N) is 2. The fourth-order valence-electron chi connectivity index (χ4n) is 2.03. The molecule has 0 N–H and O–H groups in total. The highest BCUT2D eigenvalue weighted by atomic mass is 79.9. The molecule has 0 unspecified atom stereocenters. The van der Waals surface area contributed by atoms with Crippen molar-refractivity contribution in [2.75, 3.05) is 0 Å². The summed E-state index contributed by atoms with van der Waals surface area (Å²) in [7, 11) is 0. The van der Waals surface area contributed by atoms with E-state index < -0.39 is 35.7 Å². The minimum Gasteiger partial charge on any atom is -0.443 e. The first-order valence-corrected chi connectivity index (χ1v) is 8.41.